The third-order valence-corrected chi connectivity index (χ3v) is 4.69. The zero-order valence-corrected chi connectivity index (χ0v) is 12.5. The summed E-state index contributed by atoms with van der Waals surface area (Å²) < 4.78 is 2.41. The Hall–Kier alpha value is -1.02. The number of hydrogen-bond acceptors (Lipinski definition) is 1. The van der Waals surface area contributed by atoms with Crippen LogP contribution in [0.15, 0.2) is 18.2 Å². The highest BCUT2D eigenvalue weighted by molar-refractivity contribution is 6.17. The van der Waals surface area contributed by atoms with Crippen LogP contribution in [-0.2, 0) is 13.0 Å². The summed E-state index contributed by atoms with van der Waals surface area (Å²) in [6.45, 7) is 5.53. The summed E-state index contributed by atoms with van der Waals surface area (Å²) >= 11 is 5.93. The number of aromatic nitrogens is 2. The topological polar surface area (TPSA) is 17.8 Å². The first kappa shape index (κ1) is 13.0. The molecular formula is C16H21ClN2. The summed E-state index contributed by atoms with van der Waals surface area (Å²) in [4.78, 5) is 4.79. The fourth-order valence-electron chi connectivity index (χ4n) is 2.88. The maximum Gasteiger partial charge on any atom is 0.111 e. The highest BCUT2D eigenvalue weighted by Gasteiger charge is 2.41. The molecule has 0 spiro atoms. The van der Waals surface area contributed by atoms with Crippen LogP contribution in [0.25, 0.3) is 11.0 Å². The van der Waals surface area contributed by atoms with Crippen LogP contribution in [-0.4, -0.2) is 15.4 Å². The SMILES string of the molecule is CCC1(Cn2c(CCCl)nc3cc(C)ccc32)CC1. The van der Waals surface area contributed by atoms with Gasteiger partial charge in [-0.15, -0.1) is 11.6 Å². The minimum absolute atomic E-state index is 0.527. The van der Waals surface area contributed by atoms with Crippen LogP contribution >= 0.6 is 11.6 Å². The monoisotopic (exact) mass is 276 g/mol. The third kappa shape index (κ3) is 2.38. The van der Waals surface area contributed by atoms with E-state index in [4.69, 9.17) is 16.6 Å². The van der Waals surface area contributed by atoms with E-state index in [-0.39, 0.29) is 0 Å². The number of fused-ring (bicyclic) bond motifs is 1. The standard InChI is InChI=1S/C16H21ClN2/c1-3-16(7-8-16)11-19-14-5-4-12(2)10-13(14)18-15(19)6-9-17/h4-5,10H,3,6-9,11H2,1-2H3. The molecule has 1 aromatic carbocycles. The Morgan fingerprint density at radius 2 is 2.16 bits per heavy atom. The molecule has 1 aliphatic carbocycles. The van der Waals surface area contributed by atoms with Crippen molar-refractivity contribution in [1.82, 2.24) is 9.55 Å². The van der Waals surface area contributed by atoms with Crippen molar-refractivity contribution in [2.45, 2.75) is 46.1 Å². The fourth-order valence-corrected chi connectivity index (χ4v) is 3.05. The van der Waals surface area contributed by atoms with Gasteiger partial charge in [-0.2, -0.15) is 0 Å². The zero-order chi connectivity index (χ0) is 13.5. The van der Waals surface area contributed by atoms with Gasteiger partial charge >= 0.3 is 0 Å². The first-order valence-corrected chi connectivity index (χ1v) is 7.73. The average molecular weight is 277 g/mol. The molecule has 1 fully saturated rings. The summed E-state index contributed by atoms with van der Waals surface area (Å²) in [6, 6.07) is 6.56. The molecule has 1 aromatic heterocycles. The quantitative estimate of drug-likeness (QED) is 0.744. The smallest absolute Gasteiger partial charge is 0.111 e. The van der Waals surface area contributed by atoms with Crippen LogP contribution in [0, 0.1) is 12.3 Å². The van der Waals surface area contributed by atoms with E-state index in [1.165, 1.54) is 30.3 Å². The molecule has 0 atom stereocenters. The molecule has 2 aromatic rings. The highest BCUT2D eigenvalue weighted by Crippen LogP contribution is 2.50. The van der Waals surface area contributed by atoms with E-state index in [0.29, 0.717) is 11.3 Å². The van der Waals surface area contributed by atoms with Crippen molar-refractivity contribution in [3.63, 3.8) is 0 Å². The Kier molecular flexibility index (Phi) is 3.30. The number of rotatable bonds is 5. The zero-order valence-electron chi connectivity index (χ0n) is 11.7. The second-order valence-corrected chi connectivity index (χ2v) is 6.28. The number of benzene rings is 1. The summed E-state index contributed by atoms with van der Waals surface area (Å²) in [7, 11) is 0. The van der Waals surface area contributed by atoms with Crippen LogP contribution in [0.3, 0.4) is 0 Å². The molecule has 1 heterocycles. The molecule has 2 nitrogen and oxygen atoms in total. The summed E-state index contributed by atoms with van der Waals surface area (Å²) in [5.41, 5.74) is 4.18. The molecule has 0 saturated heterocycles. The molecule has 1 aliphatic rings. The lowest BCUT2D eigenvalue weighted by Gasteiger charge is -2.16. The maximum absolute atomic E-state index is 5.93. The molecule has 3 rings (SSSR count). The van der Waals surface area contributed by atoms with E-state index in [1.54, 1.807) is 0 Å². The average Bonchev–Trinajstić information content (AvgIpc) is 3.10. The predicted molar refractivity (Wildman–Crippen MR) is 80.9 cm³/mol. The summed E-state index contributed by atoms with van der Waals surface area (Å²) in [5.74, 6) is 1.79. The van der Waals surface area contributed by atoms with Gasteiger partial charge in [0.1, 0.15) is 5.82 Å². The summed E-state index contributed by atoms with van der Waals surface area (Å²) in [6.07, 6.45) is 4.83. The van der Waals surface area contributed by atoms with Crippen molar-refractivity contribution in [3.8, 4) is 0 Å². The van der Waals surface area contributed by atoms with Gasteiger partial charge in [0.15, 0.2) is 0 Å². The van der Waals surface area contributed by atoms with Gasteiger partial charge < -0.3 is 4.57 Å². The van der Waals surface area contributed by atoms with Crippen molar-refractivity contribution in [2.75, 3.05) is 5.88 Å². The second kappa shape index (κ2) is 4.82. The van der Waals surface area contributed by atoms with Gasteiger partial charge in [0, 0.05) is 18.8 Å². The molecule has 0 N–H and O–H groups in total. The number of aryl methyl sites for hydroxylation is 2. The van der Waals surface area contributed by atoms with Crippen LogP contribution in [0.5, 0.6) is 0 Å². The van der Waals surface area contributed by atoms with E-state index in [0.717, 1.165) is 24.3 Å². The number of nitrogens with zero attached hydrogens (tertiary/aromatic N) is 2. The lowest BCUT2D eigenvalue weighted by atomic mass is 10.0. The van der Waals surface area contributed by atoms with Crippen molar-refractivity contribution in [2.24, 2.45) is 5.41 Å². The van der Waals surface area contributed by atoms with E-state index < -0.39 is 0 Å². The highest BCUT2D eigenvalue weighted by atomic mass is 35.5. The molecule has 0 radical (unpaired) electrons. The molecule has 19 heavy (non-hydrogen) atoms. The third-order valence-electron chi connectivity index (χ3n) is 4.50. The molecule has 1 saturated carbocycles. The van der Waals surface area contributed by atoms with Crippen molar-refractivity contribution in [3.05, 3.63) is 29.6 Å². The maximum atomic E-state index is 5.93. The van der Waals surface area contributed by atoms with E-state index >= 15 is 0 Å². The molecule has 0 bridgehead atoms. The van der Waals surface area contributed by atoms with Crippen molar-refractivity contribution < 1.29 is 0 Å². The Bertz CT molecular complexity index is 596. The van der Waals surface area contributed by atoms with Crippen molar-refractivity contribution >= 4 is 22.6 Å². The Labute approximate surface area is 119 Å². The molecule has 0 unspecified atom stereocenters. The van der Waals surface area contributed by atoms with E-state index in [1.807, 2.05) is 0 Å². The largest absolute Gasteiger partial charge is 0.327 e. The summed E-state index contributed by atoms with van der Waals surface area (Å²) in [5, 5.41) is 0. The van der Waals surface area contributed by atoms with Gasteiger partial charge in [0.25, 0.3) is 0 Å². The molecule has 0 aliphatic heterocycles. The minimum Gasteiger partial charge on any atom is -0.327 e. The Morgan fingerprint density at radius 3 is 2.79 bits per heavy atom. The molecular weight excluding hydrogens is 256 g/mol. The van der Waals surface area contributed by atoms with Crippen LogP contribution in [0.4, 0.5) is 0 Å². The lowest BCUT2D eigenvalue weighted by Crippen LogP contribution is -2.13. The van der Waals surface area contributed by atoms with Gasteiger partial charge in [-0.1, -0.05) is 13.0 Å². The Balaban J connectivity index is 2.06. The molecule has 102 valence electrons. The van der Waals surface area contributed by atoms with Gasteiger partial charge in [-0.25, -0.2) is 4.98 Å². The number of imidazole rings is 1. The minimum atomic E-state index is 0.527. The van der Waals surface area contributed by atoms with E-state index in [2.05, 4.69) is 36.6 Å². The second-order valence-electron chi connectivity index (χ2n) is 5.90. The number of alkyl halides is 1. The van der Waals surface area contributed by atoms with Gasteiger partial charge in [-0.05, 0) is 49.3 Å². The Morgan fingerprint density at radius 1 is 1.37 bits per heavy atom. The lowest BCUT2D eigenvalue weighted by molar-refractivity contribution is 0.408. The first-order valence-electron chi connectivity index (χ1n) is 7.19. The van der Waals surface area contributed by atoms with E-state index in [9.17, 15) is 0 Å². The van der Waals surface area contributed by atoms with Crippen LogP contribution < -0.4 is 0 Å². The van der Waals surface area contributed by atoms with Gasteiger partial charge in [-0.3, -0.25) is 0 Å². The number of hydrogen-bond donors (Lipinski definition) is 0. The first-order chi connectivity index (χ1) is 9.17. The predicted octanol–water partition coefficient (Wildman–Crippen LogP) is 4.32. The van der Waals surface area contributed by atoms with Gasteiger partial charge in [0.05, 0.1) is 11.0 Å². The van der Waals surface area contributed by atoms with Crippen molar-refractivity contribution in [1.29, 1.82) is 0 Å². The van der Waals surface area contributed by atoms with Gasteiger partial charge in [0.2, 0.25) is 0 Å². The van der Waals surface area contributed by atoms with Crippen LogP contribution in [0.1, 0.15) is 37.6 Å². The normalized spacial score (nSPS) is 17.0. The molecule has 3 heteroatoms. The van der Waals surface area contributed by atoms with Crippen LogP contribution in [0.2, 0.25) is 0 Å². The number of halogens is 1. The fraction of sp³-hybridized carbons (Fsp3) is 0.562. The molecule has 0 amide bonds.